The Balaban J connectivity index is 3.12. The Morgan fingerprint density at radius 1 is 1.38 bits per heavy atom. The van der Waals surface area contributed by atoms with Gasteiger partial charge in [0.05, 0.1) is 17.8 Å². The Morgan fingerprint density at radius 3 is 2.62 bits per heavy atom. The van der Waals surface area contributed by atoms with E-state index < -0.39 is 0 Å². The van der Waals surface area contributed by atoms with Crippen molar-refractivity contribution in [1.82, 2.24) is 0 Å². The second-order valence-corrected chi connectivity index (χ2v) is 4.55. The first-order valence-corrected chi connectivity index (χ1v) is 5.78. The predicted octanol–water partition coefficient (Wildman–Crippen LogP) is 1.83. The van der Waals surface area contributed by atoms with Gasteiger partial charge in [-0.1, -0.05) is 15.9 Å². The number of guanidine groups is 1. The third-order valence-corrected chi connectivity index (χ3v) is 2.66. The molecule has 0 fully saturated rings. The quantitative estimate of drug-likeness (QED) is 0.496. The first-order valence-electron chi connectivity index (χ1n) is 4.19. The lowest BCUT2D eigenvalue weighted by Crippen LogP contribution is -2.21. The van der Waals surface area contributed by atoms with Crippen molar-refractivity contribution >= 4 is 44.0 Å². The lowest BCUT2D eigenvalue weighted by Gasteiger charge is -2.07. The van der Waals surface area contributed by atoms with Gasteiger partial charge in [-0.3, -0.25) is 0 Å². The predicted molar refractivity (Wildman–Crippen MR) is 71.8 cm³/mol. The van der Waals surface area contributed by atoms with Crippen LogP contribution in [0.15, 0.2) is 31.3 Å². The molecule has 0 saturated heterocycles. The summed E-state index contributed by atoms with van der Waals surface area (Å²) in [5, 5.41) is 7.23. The van der Waals surface area contributed by atoms with Gasteiger partial charge in [0.15, 0.2) is 0 Å². The van der Waals surface area contributed by atoms with Gasteiger partial charge < -0.3 is 16.2 Å². The molecule has 0 radical (unpaired) electrons. The molecule has 7 heteroatoms. The van der Waals surface area contributed by atoms with Crippen molar-refractivity contribution in [3.05, 3.63) is 26.6 Å². The van der Waals surface area contributed by atoms with Gasteiger partial charge in [-0.2, -0.15) is 5.10 Å². The Hall–Kier alpha value is -1.08. The van der Waals surface area contributed by atoms with Crippen molar-refractivity contribution < 1.29 is 4.74 Å². The molecule has 1 aromatic rings. The maximum Gasteiger partial charge on any atom is 0.211 e. The number of halogens is 2. The Morgan fingerprint density at radius 2 is 2.06 bits per heavy atom. The fourth-order valence-corrected chi connectivity index (χ4v) is 2.47. The van der Waals surface area contributed by atoms with E-state index in [9.17, 15) is 0 Å². The lowest BCUT2D eigenvalue weighted by molar-refractivity contribution is 0.411. The van der Waals surface area contributed by atoms with Crippen LogP contribution in [0.5, 0.6) is 5.75 Å². The summed E-state index contributed by atoms with van der Waals surface area (Å²) in [5.74, 6) is 0.571. The van der Waals surface area contributed by atoms with E-state index in [-0.39, 0.29) is 5.96 Å². The van der Waals surface area contributed by atoms with Crippen LogP contribution in [0.4, 0.5) is 0 Å². The average molecular weight is 350 g/mol. The largest absolute Gasteiger partial charge is 0.495 e. The number of nitrogens with two attached hydrogens (primary N) is 2. The van der Waals surface area contributed by atoms with Gasteiger partial charge in [0.25, 0.3) is 0 Å². The number of ether oxygens (including phenoxy) is 1. The van der Waals surface area contributed by atoms with Gasteiger partial charge in [0, 0.05) is 10.0 Å². The summed E-state index contributed by atoms with van der Waals surface area (Å²) in [4.78, 5) is 0. The van der Waals surface area contributed by atoms with E-state index in [0.717, 1.165) is 14.5 Å². The first kappa shape index (κ1) is 13.0. The van der Waals surface area contributed by atoms with E-state index in [1.54, 1.807) is 7.11 Å². The molecule has 0 heterocycles. The maximum absolute atomic E-state index is 5.22. The second kappa shape index (κ2) is 5.86. The summed E-state index contributed by atoms with van der Waals surface area (Å²) >= 11 is 6.74. The highest BCUT2D eigenvalue weighted by Gasteiger charge is 2.07. The average Bonchev–Trinajstić information content (AvgIpc) is 2.16. The van der Waals surface area contributed by atoms with Crippen molar-refractivity contribution in [1.29, 1.82) is 0 Å². The van der Waals surface area contributed by atoms with E-state index in [0.29, 0.717) is 5.75 Å². The molecule has 0 aliphatic rings. The highest BCUT2D eigenvalue weighted by atomic mass is 79.9. The minimum atomic E-state index is -0.0933. The normalized spacial score (nSPS) is 10.4. The van der Waals surface area contributed by atoms with E-state index in [2.05, 4.69) is 42.1 Å². The lowest BCUT2D eigenvalue weighted by atomic mass is 10.2. The summed E-state index contributed by atoms with van der Waals surface area (Å²) in [5.41, 5.74) is 11.1. The minimum Gasteiger partial charge on any atom is -0.495 e. The maximum atomic E-state index is 5.22. The van der Waals surface area contributed by atoms with Crippen LogP contribution in [0.2, 0.25) is 0 Å². The molecule has 0 amide bonds. The summed E-state index contributed by atoms with van der Waals surface area (Å²) in [7, 11) is 1.58. The van der Waals surface area contributed by atoms with Gasteiger partial charge in [-0.25, -0.2) is 0 Å². The Kier molecular flexibility index (Phi) is 4.75. The summed E-state index contributed by atoms with van der Waals surface area (Å²) in [6, 6.07) is 3.71. The number of methoxy groups -OCH3 is 1. The second-order valence-electron chi connectivity index (χ2n) is 2.78. The van der Waals surface area contributed by atoms with Crippen molar-refractivity contribution in [2.45, 2.75) is 0 Å². The minimum absolute atomic E-state index is 0.0933. The van der Waals surface area contributed by atoms with Gasteiger partial charge in [-0.05, 0) is 28.1 Å². The molecular formula is C9H10Br2N4O. The van der Waals surface area contributed by atoms with E-state index in [1.165, 1.54) is 6.21 Å². The summed E-state index contributed by atoms with van der Waals surface area (Å²) in [6.45, 7) is 0. The van der Waals surface area contributed by atoms with Crippen LogP contribution in [0.25, 0.3) is 0 Å². The molecule has 5 nitrogen and oxygen atoms in total. The van der Waals surface area contributed by atoms with Crippen LogP contribution >= 0.6 is 31.9 Å². The zero-order valence-electron chi connectivity index (χ0n) is 8.45. The zero-order chi connectivity index (χ0) is 12.1. The van der Waals surface area contributed by atoms with Crippen LogP contribution in [0, 0.1) is 0 Å². The zero-order valence-corrected chi connectivity index (χ0v) is 11.6. The van der Waals surface area contributed by atoms with Crippen molar-refractivity contribution in [3.8, 4) is 5.75 Å². The first-order chi connectivity index (χ1) is 7.54. The number of nitrogens with zero attached hydrogens (tertiary/aromatic N) is 2. The van der Waals surface area contributed by atoms with Crippen LogP contribution in [0.1, 0.15) is 5.56 Å². The fourth-order valence-electron chi connectivity index (χ4n) is 1.05. The molecule has 0 unspecified atom stereocenters. The van der Waals surface area contributed by atoms with Gasteiger partial charge in [0.2, 0.25) is 5.96 Å². The number of rotatable bonds is 3. The molecule has 0 aromatic heterocycles. The van der Waals surface area contributed by atoms with E-state index >= 15 is 0 Å². The highest BCUT2D eigenvalue weighted by molar-refractivity contribution is 9.11. The van der Waals surface area contributed by atoms with Crippen molar-refractivity contribution in [2.75, 3.05) is 7.11 Å². The van der Waals surface area contributed by atoms with Crippen molar-refractivity contribution in [2.24, 2.45) is 21.7 Å². The van der Waals surface area contributed by atoms with Gasteiger partial charge in [0.1, 0.15) is 5.75 Å². The topological polar surface area (TPSA) is 86.0 Å². The van der Waals surface area contributed by atoms with Crippen LogP contribution in [-0.4, -0.2) is 19.3 Å². The molecule has 1 aromatic carbocycles. The Labute approximate surface area is 110 Å². The molecule has 0 saturated carbocycles. The van der Waals surface area contributed by atoms with Gasteiger partial charge in [-0.15, -0.1) is 5.10 Å². The standard InChI is InChI=1S/C9H10Br2N4O/c1-16-8-5(4-14-15-9(12)13)2-6(10)3-7(8)11/h2-4H,1H3,(H4,12,13,15). The monoisotopic (exact) mass is 348 g/mol. The SMILES string of the molecule is COc1c(Br)cc(Br)cc1C=NN=C(N)N. The van der Waals surface area contributed by atoms with Gasteiger partial charge >= 0.3 is 0 Å². The van der Waals surface area contributed by atoms with Crippen LogP contribution < -0.4 is 16.2 Å². The summed E-state index contributed by atoms with van der Waals surface area (Å²) in [6.07, 6.45) is 1.51. The Bertz CT molecular complexity index is 441. The fraction of sp³-hybridized carbons (Fsp3) is 0.111. The molecule has 0 bridgehead atoms. The van der Waals surface area contributed by atoms with Crippen LogP contribution in [-0.2, 0) is 0 Å². The van der Waals surface area contributed by atoms with Crippen LogP contribution in [0.3, 0.4) is 0 Å². The number of hydrogen-bond acceptors (Lipinski definition) is 3. The van der Waals surface area contributed by atoms with E-state index in [4.69, 9.17) is 16.2 Å². The van der Waals surface area contributed by atoms with Crippen molar-refractivity contribution in [3.63, 3.8) is 0 Å². The molecule has 86 valence electrons. The molecule has 0 atom stereocenters. The third-order valence-electron chi connectivity index (χ3n) is 1.61. The smallest absolute Gasteiger partial charge is 0.211 e. The molecule has 0 aliphatic heterocycles. The molecule has 0 aliphatic carbocycles. The number of hydrogen-bond donors (Lipinski definition) is 2. The number of benzene rings is 1. The molecule has 4 N–H and O–H groups in total. The molecular weight excluding hydrogens is 340 g/mol. The third kappa shape index (κ3) is 3.49. The highest BCUT2D eigenvalue weighted by Crippen LogP contribution is 2.31. The summed E-state index contributed by atoms with van der Waals surface area (Å²) < 4.78 is 6.93. The molecule has 0 spiro atoms. The molecule has 16 heavy (non-hydrogen) atoms. The molecule has 1 rings (SSSR count). The van der Waals surface area contributed by atoms with E-state index in [1.807, 2.05) is 12.1 Å².